The van der Waals surface area contributed by atoms with Gasteiger partial charge in [0.2, 0.25) is 0 Å². The van der Waals surface area contributed by atoms with Gasteiger partial charge in [0, 0.05) is 30.7 Å². The molecule has 0 N–H and O–H groups in total. The predicted octanol–water partition coefficient (Wildman–Crippen LogP) is 2.22. The summed E-state index contributed by atoms with van der Waals surface area (Å²) in [4.78, 5) is 18.4. The van der Waals surface area contributed by atoms with Crippen LogP contribution in [-0.4, -0.2) is 37.6 Å². The van der Waals surface area contributed by atoms with Crippen molar-refractivity contribution in [3.05, 3.63) is 59.8 Å². The summed E-state index contributed by atoms with van der Waals surface area (Å²) in [5.74, 6) is -0.0212. The molecular weight excluding hydrogens is 290 g/mol. The van der Waals surface area contributed by atoms with Crippen LogP contribution < -0.4 is 0 Å². The van der Waals surface area contributed by atoms with E-state index in [2.05, 4.69) is 15.2 Å². The molecule has 6 nitrogen and oxygen atoms in total. The molecule has 4 rings (SSSR count). The van der Waals surface area contributed by atoms with E-state index in [9.17, 15) is 4.79 Å². The standard InChI is InChI=1S/C17H15N5O/c1-11-12(5-3-7-18-11)13-9-16-14(20-19-13)10-21(2)17(23)15-6-4-8-22(15)16/h3-9H,10H2,1-2H3. The van der Waals surface area contributed by atoms with Crippen molar-refractivity contribution in [2.45, 2.75) is 13.5 Å². The largest absolute Gasteiger partial charge is 0.334 e. The average molecular weight is 305 g/mol. The van der Waals surface area contributed by atoms with E-state index in [4.69, 9.17) is 0 Å². The molecule has 0 radical (unpaired) electrons. The maximum Gasteiger partial charge on any atom is 0.270 e. The number of amides is 1. The zero-order chi connectivity index (χ0) is 16.0. The van der Waals surface area contributed by atoms with Crippen molar-refractivity contribution in [3.63, 3.8) is 0 Å². The predicted molar refractivity (Wildman–Crippen MR) is 85.1 cm³/mol. The fraction of sp³-hybridized carbons (Fsp3) is 0.176. The Morgan fingerprint density at radius 1 is 1.17 bits per heavy atom. The number of aromatic nitrogens is 4. The summed E-state index contributed by atoms with van der Waals surface area (Å²) >= 11 is 0. The van der Waals surface area contributed by atoms with Gasteiger partial charge in [-0.2, -0.15) is 5.10 Å². The van der Waals surface area contributed by atoms with Crippen LogP contribution in [0.3, 0.4) is 0 Å². The van der Waals surface area contributed by atoms with Gasteiger partial charge in [-0.3, -0.25) is 9.78 Å². The average Bonchev–Trinajstić information content (AvgIpc) is 3.01. The molecule has 0 fully saturated rings. The molecule has 3 aromatic rings. The Balaban J connectivity index is 1.94. The number of nitrogens with zero attached hydrogens (tertiary/aromatic N) is 5. The maximum atomic E-state index is 12.4. The van der Waals surface area contributed by atoms with Crippen LogP contribution in [0.2, 0.25) is 0 Å². The van der Waals surface area contributed by atoms with Gasteiger partial charge in [0.15, 0.2) is 0 Å². The topological polar surface area (TPSA) is 63.9 Å². The smallest absolute Gasteiger partial charge is 0.270 e. The van der Waals surface area contributed by atoms with Crippen LogP contribution in [0.25, 0.3) is 16.9 Å². The molecule has 0 bridgehead atoms. The summed E-state index contributed by atoms with van der Waals surface area (Å²) in [5, 5.41) is 8.71. The molecule has 1 aliphatic rings. The van der Waals surface area contributed by atoms with Gasteiger partial charge in [0.25, 0.3) is 5.91 Å². The number of aryl methyl sites for hydroxylation is 1. The summed E-state index contributed by atoms with van der Waals surface area (Å²) in [6.45, 7) is 2.39. The van der Waals surface area contributed by atoms with E-state index in [1.165, 1.54) is 0 Å². The third kappa shape index (κ3) is 2.11. The molecule has 3 aromatic heterocycles. The Kier molecular flexibility index (Phi) is 2.97. The first-order valence-corrected chi connectivity index (χ1v) is 7.37. The highest BCUT2D eigenvalue weighted by Crippen LogP contribution is 2.27. The molecule has 4 heterocycles. The molecule has 1 amide bonds. The highest BCUT2D eigenvalue weighted by Gasteiger charge is 2.25. The van der Waals surface area contributed by atoms with Crippen LogP contribution >= 0.6 is 0 Å². The van der Waals surface area contributed by atoms with Crippen LogP contribution in [0.15, 0.2) is 42.7 Å². The molecule has 6 heteroatoms. The molecule has 0 unspecified atom stereocenters. The van der Waals surface area contributed by atoms with Crippen LogP contribution in [0.1, 0.15) is 21.9 Å². The van der Waals surface area contributed by atoms with Gasteiger partial charge in [-0.25, -0.2) is 0 Å². The highest BCUT2D eigenvalue weighted by molar-refractivity contribution is 5.94. The fourth-order valence-electron chi connectivity index (χ4n) is 2.87. The molecule has 0 saturated carbocycles. The number of carbonyl (C=O) groups excluding carboxylic acids is 1. The fourth-order valence-corrected chi connectivity index (χ4v) is 2.87. The highest BCUT2D eigenvalue weighted by atomic mass is 16.2. The summed E-state index contributed by atoms with van der Waals surface area (Å²) in [6, 6.07) is 9.52. The third-order valence-corrected chi connectivity index (χ3v) is 4.09. The Labute approximate surface area is 133 Å². The van der Waals surface area contributed by atoms with Crippen LogP contribution in [-0.2, 0) is 6.54 Å². The van der Waals surface area contributed by atoms with Crippen LogP contribution in [0.5, 0.6) is 0 Å². The monoisotopic (exact) mass is 305 g/mol. The second kappa shape index (κ2) is 5.01. The third-order valence-electron chi connectivity index (χ3n) is 4.09. The first-order chi connectivity index (χ1) is 11.1. The molecule has 0 aromatic carbocycles. The van der Waals surface area contributed by atoms with Gasteiger partial charge in [0.1, 0.15) is 11.4 Å². The number of hydrogen-bond donors (Lipinski definition) is 0. The van der Waals surface area contributed by atoms with E-state index >= 15 is 0 Å². The molecule has 0 atom stereocenters. The summed E-state index contributed by atoms with van der Waals surface area (Å²) in [5.41, 5.74) is 4.90. The molecule has 0 spiro atoms. The molecule has 1 aliphatic heterocycles. The van der Waals surface area contributed by atoms with E-state index in [1.54, 1.807) is 18.1 Å². The number of pyridine rings is 1. The lowest BCUT2D eigenvalue weighted by molar-refractivity contribution is 0.0781. The summed E-state index contributed by atoms with van der Waals surface area (Å²) < 4.78 is 1.88. The zero-order valence-corrected chi connectivity index (χ0v) is 12.9. The normalized spacial score (nSPS) is 13.5. The second-order valence-corrected chi connectivity index (χ2v) is 5.62. The van der Waals surface area contributed by atoms with Crippen molar-refractivity contribution >= 4 is 5.91 Å². The SMILES string of the molecule is Cc1ncccc1-c1cc2c(nn1)CN(C)C(=O)c1cccn1-2. The van der Waals surface area contributed by atoms with Crippen molar-refractivity contribution in [1.29, 1.82) is 0 Å². The Bertz CT molecular complexity index is 915. The van der Waals surface area contributed by atoms with Crippen molar-refractivity contribution in [3.8, 4) is 16.9 Å². The molecule has 23 heavy (non-hydrogen) atoms. The van der Waals surface area contributed by atoms with Gasteiger partial charge in [-0.15, -0.1) is 5.10 Å². The number of rotatable bonds is 1. The molecular formula is C17H15N5O. The Morgan fingerprint density at radius 3 is 2.87 bits per heavy atom. The van der Waals surface area contributed by atoms with E-state index in [0.717, 1.165) is 28.3 Å². The van der Waals surface area contributed by atoms with Crippen LogP contribution in [0.4, 0.5) is 0 Å². The van der Waals surface area contributed by atoms with Crippen molar-refractivity contribution < 1.29 is 4.79 Å². The Morgan fingerprint density at radius 2 is 2.04 bits per heavy atom. The maximum absolute atomic E-state index is 12.4. The van der Waals surface area contributed by atoms with Gasteiger partial charge in [-0.05, 0) is 37.3 Å². The molecule has 0 aliphatic carbocycles. The zero-order valence-electron chi connectivity index (χ0n) is 12.9. The van der Waals surface area contributed by atoms with E-state index in [-0.39, 0.29) is 5.91 Å². The summed E-state index contributed by atoms with van der Waals surface area (Å²) in [7, 11) is 1.77. The second-order valence-electron chi connectivity index (χ2n) is 5.62. The number of carbonyl (C=O) groups is 1. The lowest BCUT2D eigenvalue weighted by atomic mass is 10.1. The van der Waals surface area contributed by atoms with Crippen molar-refractivity contribution in [1.82, 2.24) is 24.6 Å². The first kappa shape index (κ1) is 13.6. The lowest BCUT2D eigenvalue weighted by Gasteiger charge is -2.13. The van der Waals surface area contributed by atoms with E-state index in [1.807, 2.05) is 48.0 Å². The quantitative estimate of drug-likeness (QED) is 0.691. The first-order valence-electron chi connectivity index (χ1n) is 7.37. The van der Waals surface area contributed by atoms with E-state index < -0.39 is 0 Å². The minimum absolute atomic E-state index is 0.0212. The summed E-state index contributed by atoms with van der Waals surface area (Å²) in [6.07, 6.45) is 3.64. The van der Waals surface area contributed by atoms with E-state index in [0.29, 0.717) is 12.2 Å². The number of fused-ring (bicyclic) bond motifs is 3. The minimum Gasteiger partial charge on any atom is -0.334 e. The molecule has 0 saturated heterocycles. The number of hydrogen-bond acceptors (Lipinski definition) is 4. The van der Waals surface area contributed by atoms with Gasteiger partial charge >= 0.3 is 0 Å². The van der Waals surface area contributed by atoms with Gasteiger partial charge in [-0.1, -0.05) is 0 Å². The lowest BCUT2D eigenvalue weighted by Crippen LogP contribution is -2.25. The van der Waals surface area contributed by atoms with Gasteiger partial charge < -0.3 is 9.47 Å². The van der Waals surface area contributed by atoms with Crippen molar-refractivity contribution in [2.75, 3.05) is 7.05 Å². The minimum atomic E-state index is -0.0212. The Hall–Kier alpha value is -3.02. The van der Waals surface area contributed by atoms with Crippen molar-refractivity contribution in [2.24, 2.45) is 0 Å². The van der Waals surface area contributed by atoms with Crippen LogP contribution in [0, 0.1) is 6.92 Å². The van der Waals surface area contributed by atoms with Gasteiger partial charge in [0.05, 0.1) is 17.9 Å². The molecule has 114 valence electrons.